The summed E-state index contributed by atoms with van der Waals surface area (Å²) in [6.45, 7) is 5.00. The van der Waals surface area contributed by atoms with Crippen LogP contribution in [0, 0.1) is 6.92 Å². The number of H-pyrrole nitrogens is 1. The normalized spacial score (nSPS) is 23.9. The first-order chi connectivity index (χ1) is 7.68. The van der Waals surface area contributed by atoms with Gasteiger partial charge in [0.15, 0.2) is 0 Å². The van der Waals surface area contributed by atoms with Gasteiger partial charge < -0.3 is 10.6 Å². The molecule has 2 unspecified atom stereocenters. The van der Waals surface area contributed by atoms with Crippen LogP contribution in [0.15, 0.2) is 6.20 Å². The topological polar surface area (TPSA) is 69.8 Å². The first kappa shape index (κ1) is 14.0. The van der Waals surface area contributed by atoms with Crippen LogP contribution < -0.4 is 10.6 Å². The smallest absolute Gasteiger partial charge is 0.255 e. The van der Waals surface area contributed by atoms with Crippen LogP contribution >= 0.6 is 12.4 Å². The largest absolute Gasteiger partial charge is 0.348 e. The van der Waals surface area contributed by atoms with Gasteiger partial charge in [-0.15, -0.1) is 12.4 Å². The number of aromatic nitrogens is 2. The molecule has 5 nitrogen and oxygen atoms in total. The van der Waals surface area contributed by atoms with Crippen LogP contribution in [0.25, 0.3) is 0 Å². The molecule has 0 aromatic carbocycles. The predicted molar refractivity (Wildman–Crippen MR) is 68.5 cm³/mol. The van der Waals surface area contributed by atoms with E-state index in [1.165, 1.54) is 0 Å². The highest BCUT2D eigenvalue weighted by atomic mass is 35.5. The Morgan fingerprint density at radius 2 is 2.35 bits per heavy atom. The quantitative estimate of drug-likeness (QED) is 0.742. The Labute approximate surface area is 107 Å². The molecule has 2 atom stereocenters. The third-order valence-corrected chi connectivity index (χ3v) is 3.15. The summed E-state index contributed by atoms with van der Waals surface area (Å²) in [4.78, 5) is 11.9. The Bertz CT molecular complexity index is 379. The van der Waals surface area contributed by atoms with Gasteiger partial charge in [0.25, 0.3) is 5.91 Å². The maximum atomic E-state index is 11.9. The van der Waals surface area contributed by atoms with Crippen molar-refractivity contribution >= 4 is 18.3 Å². The Morgan fingerprint density at radius 1 is 1.59 bits per heavy atom. The fraction of sp³-hybridized carbons (Fsp3) is 0.636. The van der Waals surface area contributed by atoms with Gasteiger partial charge in [0.1, 0.15) is 0 Å². The molecule has 1 aliphatic heterocycles. The molecule has 3 N–H and O–H groups in total. The van der Waals surface area contributed by atoms with Crippen molar-refractivity contribution in [2.75, 3.05) is 6.54 Å². The molecule has 2 rings (SSSR count). The molecule has 17 heavy (non-hydrogen) atoms. The third kappa shape index (κ3) is 3.20. The van der Waals surface area contributed by atoms with Gasteiger partial charge in [-0.25, -0.2) is 0 Å². The second kappa shape index (κ2) is 6.02. The number of carbonyl (C=O) groups is 1. The molecule has 1 aromatic heterocycles. The average Bonchev–Trinajstić information content (AvgIpc) is 2.68. The van der Waals surface area contributed by atoms with Gasteiger partial charge in [-0.3, -0.25) is 9.89 Å². The molecule has 0 bridgehead atoms. The number of hydrogen-bond acceptors (Lipinski definition) is 3. The Morgan fingerprint density at radius 3 is 2.94 bits per heavy atom. The van der Waals surface area contributed by atoms with Crippen molar-refractivity contribution < 1.29 is 4.79 Å². The van der Waals surface area contributed by atoms with Crippen molar-refractivity contribution in [1.82, 2.24) is 20.8 Å². The molecule has 1 saturated heterocycles. The van der Waals surface area contributed by atoms with Crippen LogP contribution in [0.3, 0.4) is 0 Å². The maximum Gasteiger partial charge on any atom is 0.255 e. The lowest BCUT2D eigenvalue weighted by molar-refractivity contribution is 0.0919. The van der Waals surface area contributed by atoms with Gasteiger partial charge in [0.05, 0.1) is 11.8 Å². The van der Waals surface area contributed by atoms with Gasteiger partial charge in [-0.05, 0) is 33.2 Å². The van der Waals surface area contributed by atoms with E-state index in [0.717, 1.165) is 25.1 Å². The summed E-state index contributed by atoms with van der Waals surface area (Å²) < 4.78 is 0. The highest BCUT2D eigenvalue weighted by Gasteiger charge is 2.23. The minimum Gasteiger partial charge on any atom is -0.348 e. The standard InChI is InChI=1S/C11H18N4O.ClH/c1-7-9(6-13-15-7)11(16)14-10-4-3-5-12-8(10)2;/h6,8,10,12H,3-5H2,1-2H3,(H,13,15)(H,14,16);1H. The van der Waals surface area contributed by atoms with Crippen molar-refractivity contribution in [2.45, 2.75) is 38.8 Å². The number of nitrogens with one attached hydrogen (secondary N) is 3. The minimum atomic E-state index is -0.0354. The van der Waals surface area contributed by atoms with E-state index in [1.54, 1.807) is 6.20 Å². The van der Waals surface area contributed by atoms with E-state index in [9.17, 15) is 4.79 Å². The Balaban J connectivity index is 0.00000144. The number of piperidine rings is 1. The van der Waals surface area contributed by atoms with E-state index in [-0.39, 0.29) is 24.4 Å². The summed E-state index contributed by atoms with van der Waals surface area (Å²) >= 11 is 0. The van der Waals surface area contributed by atoms with Crippen LogP contribution in [0.1, 0.15) is 35.8 Å². The van der Waals surface area contributed by atoms with Gasteiger partial charge in [0.2, 0.25) is 0 Å². The van der Waals surface area contributed by atoms with Gasteiger partial charge in [-0.1, -0.05) is 0 Å². The zero-order valence-electron chi connectivity index (χ0n) is 10.1. The van der Waals surface area contributed by atoms with Crippen molar-refractivity contribution in [3.63, 3.8) is 0 Å². The highest BCUT2D eigenvalue weighted by Crippen LogP contribution is 2.10. The molecule has 1 aliphatic rings. The van der Waals surface area contributed by atoms with Gasteiger partial charge in [0, 0.05) is 17.8 Å². The zero-order valence-corrected chi connectivity index (χ0v) is 10.9. The van der Waals surface area contributed by atoms with Crippen molar-refractivity contribution in [3.05, 3.63) is 17.5 Å². The Kier molecular flexibility index (Phi) is 4.96. The molecule has 96 valence electrons. The molecule has 6 heteroatoms. The molecule has 2 heterocycles. The lowest BCUT2D eigenvalue weighted by Gasteiger charge is -2.30. The van der Waals surface area contributed by atoms with Gasteiger partial charge in [-0.2, -0.15) is 5.10 Å². The number of halogens is 1. The lowest BCUT2D eigenvalue weighted by Crippen LogP contribution is -2.51. The maximum absolute atomic E-state index is 11.9. The van der Waals surface area contributed by atoms with E-state index in [2.05, 4.69) is 27.8 Å². The molecule has 1 amide bonds. The van der Waals surface area contributed by atoms with Crippen LogP contribution in [0.5, 0.6) is 0 Å². The summed E-state index contributed by atoms with van der Waals surface area (Å²) in [6, 6.07) is 0.556. The second-order valence-corrected chi connectivity index (χ2v) is 4.37. The van der Waals surface area contributed by atoms with Crippen molar-refractivity contribution in [3.8, 4) is 0 Å². The van der Waals surface area contributed by atoms with E-state index >= 15 is 0 Å². The fourth-order valence-electron chi connectivity index (χ4n) is 2.07. The number of hydrogen-bond donors (Lipinski definition) is 3. The van der Waals surface area contributed by atoms with Gasteiger partial charge >= 0.3 is 0 Å². The van der Waals surface area contributed by atoms with Crippen molar-refractivity contribution in [1.29, 1.82) is 0 Å². The summed E-state index contributed by atoms with van der Waals surface area (Å²) in [5.41, 5.74) is 1.45. The number of rotatable bonds is 2. The fourth-order valence-corrected chi connectivity index (χ4v) is 2.07. The predicted octanol–water partition coefficient (Wildman–Crippen LogP) is 1.01. The van der Waals surface area contributed by atoms with Crippen LogP contribution in [-0.4, -0.2) is 34.7 Å². The van der Waals surface area contributed by atoms with Crippen LogP contribution in [-0.2, 0) is 0 Å². The molecule has 0 radical (unpaired) electrons. The zero-order chi connectivity index (χ0) is 11.5. The minimum absolute atomic E-state index is 0. The number of carbonyl (C=O) groups excluding carboxylic acids is 1. The molecular formula is C11H19ClN4O. The number of aromatic amines is 1. The number of amides is 1. The average molecular weight is 259 g/mol. The van der Waals surface area contributed by atoms with E-state index in [0.29, 0.717) is 11.6 Å². The third-order valence-electron chi connectivity index (χ3n) is 3.15. The molecule has 0 aliphatic carbocycles. The number of aryl methyl sites for hydroxylation is 1. The van der Waals surface area contributed by atoms with E-state index < -0.39 is 0 Å². The SMILES string of the molecule is Cc1[nH]ncc1C(=O)NC1CCCNC1C.Cl. The molecule has 1 aromatic rings. The van der Waals surface area contributed by atoms with Crippen molar-refractivity contribution in [2.24, 2.45) is 0 Å². The summed E-state index contributed by atoms with van der Waals surface area (Å²) in [5.74, 6) is -0.0354. The first-order valence-electron chi connectivity index (χ1n) is 5.72. The highest BCUT2D eigenvalue weighted by molar-refractivity contribution is 5.95. The second-order valence-electron chi connectivity index (χ2n) is 4.37. The van der Waals surface area contributed by atoms with E-state index in [1.807, 2.05) is 6.92 Å². The molecule has 0 saturated carbocycles. The van der Waals surface area contributed by atoms with Crippen LogP contribution in [0.4, 0.5) is 0 Å². The van der Waals surface area contributed by atoms with E-state index in [4.69, 9.17) is 0 Å². The first-order valence-corrected chi connectivity index (χ1v) is 5.72. The summed E-state index contributed by atoms with van der Waals surface area (Å²) in [6.07, 6.45) is 3.72. The molecule has 1 fully saturated rings. The molecule has 0 spiro atoms. The van der Waals surface area contributed by atoms with Crippen LogP contribution in [0.2, 0.25) is 0 Å². The Hall–Kier alpha value is -1.07. The monoisotopic (exact) mass is 258 g/mol. The molecular weight excluding hydrogens is 240 g/mol. The number of nitrogens with zero attached hydrogens (tertiary/aromatic N) is 1. The lowest BCUT2D eigenvalue weighted by atomic mass is 9.99. The summed E-state index contributed by atoms with van der Waals surface area (Å²) in [5, 5.41) is 13.0. The summed E-state index contributed by atoms with van der Waals surface area (Å²) in [7, 11) is 0.